The van der Waals surface area contributed by atoms with Crippen LogP contribution in [0.4, 0.5) is 11.4 Å². The number of aromatic nitrogens is 1. The van der Waals surface area contributed by atoms with E-state index in [1.54, 1.807) is 7.05 Å². The second-order valence-electron chi connectivity index (χ2n) is 4.42. The number of nitrogens with zero attached hydrogens (tertiary/aromatic N) is 2. The van der Waals surface area contributed by atoms with Gasteiger partial charge in [-0.25, -0.2) is 0 Å². The van der Waals surface area contributed by atoms with E-state index >= 15 is 0 Å². The van der Waals surface area contributed by atoms with Crippen molar-refractivity contribution in [1.29, 1.82) is 0 Å². The Morgan fingerprint density at radius 2 is 2.10 bits per heavy atom. The molecule has 0 atom stereocenters. The lowest BCUT2D eigenvalue weighted by atomic mass is 10.1. The number of hydrogen-bond acceptors (Lipinski definition) is 3. The van der Waals surface area contributed by atoms with Gasteiger partial charge in [0.25, 0.3) is 11.6 Å². The number of hydrogen-bond donors (Lipinski definition) is 1. The average molecular weight is 273 g/mol. The fourth-order valence-corrected chi connectivity index (χ4v) is 2.01. The lowest BCUT2D eigenvalue weighted by Gasteiger charge is -2.09. The van der Waals surface area contributed by atoms with Gasteiger partial charge in [0.05, 0.1) is 11.1 Å². The number of amides is 1. The molecule has 0 radical (unpaired) electrons. The fourth-order valence-electron chi connectivity index (χ4n) is 2.01. The van der Waals surface area contributed by atoms with Gasteiger partial charge in [-0.3, -0.25) is 14.9 Å². The van der Waals surface area contributed by atoms with Crippen LogP contribution in [0.3, 0.4) is 0 Å². The van der Waals surface area contributed by atoms with E-state index in [1.807, 2.05) is 31.2 Å². The van der Waals surface area contributed by atoms with Crippen LogP contribution in [0.2, 0.25) is 0 Å². The lowest BCUT2D eigenvalue weighted by molar-refractivity contribution is -0.384. The first-order chi connectivity index (χ1) is 9.52. The normalized spacial score (nSPS) is 10.3. The Morgan fingerprint density at radius 3 is 2.70 bits per heavy atom. The first-order valence-electron chi connectivity index (χ1n) is 6.23. The van der Waals surface area contributed by atoms with Gasteiger partial charge in [0.2, 0.25) is 0 Å². The van der Waals surface area contributed by atoms with Crippen molar-refractivity contribution in [2.45, 2.75) is 13.3 Å². The minimum atomic E-state index is -0.517. The first-order valence-corrected chi connectivity index (χ1v) is 6.23. The van der Waals surface area contributed by atoms with Gasteiger partial charge in [-0.15, -0.1) is 0 Å². The van der Waals surface area contributed by atoms with Gasteiger partial charge in [0, 0.05) is 18.8 Å². The summed E-state index contributed by atoms with van der Waals surface area (Å²) in [7, 11) is 1.60. The molecule has 0 saturated heterocycles. The molecule has 0 aliphatic heterocycles. The second-order valence-corrected chi connectivity index (χ2v) is 4.42. The molecule has 1 aromatic carbocycles. The van der Waals surface area contributed by atoms with Gasteiger partial charge in [-0.1, -0.05) is 25.1 Å². The maximum Gasteiger partial charge on any atom is 0.287 e. The summed E-state index contributed by atoms with van der Waals surface area (Å²) in [6.07, 6.45) is 2.12. The number of aryl methyl sites for hydroxylation is 2. The summed E-state index contributed by atoms with van der Waals surface area (Å²) in [6.45, 7) is 2.00. The van der Waals surface area contributed by atoms with Crippen LogP contribution in [0.15, 0.2) is 36.5 Å². The predicted molar refractivity (Wildman–Crippen MR) is 75.8 cm³/mol. The third-order valence-electron chi connectivity index (χ3n) is 3.08. The summed E-state index contributed by atoms with van der Waals surface area (Å²) < 4.78 is 1.45. The average Bonchev–Trinajstić information content (AvgIpc) is 2.82. The van der Waals surface area contributed by atoms with Gasteiger partial charge in [-0.05, 0) is 18.1 Å². The molecule has 0 bridgehead atoms. The SMILES string of the molecule is CCc1ccccc1NC(=O)c1cc([N+](=O)[O-])cn1C. The third kappa shape index (κ3) is 2.69. The Balaban J connectivity index is 2.26. The number of rotatable bonds is 4. The van der Waals surface area contributed by atoms with E-state index in [9.17, 15) is 14.9 Å². The molecule has 0 unspecified atom stereocenters. The van der Waals surface area contributed by atoms with Crippen LogP contribution in [-0.2, 0) is 13.5 Å². The van der Waals surface area contributed by atoms with Crippen molar-refractivity contribution < 1.29 is 9.72 Å². The maximum atomic E-state index is 12.2. The standard InChI is InChI=1S/C14H15N3O3/c1-3-10-6-4-5-7-12(10)15-14(18)13-8-11(17(19)20)9-16(13)2/h4-9H,3H2,1-2H3,(H,15,18). The van der Waals surface area contributed by atoms with E-state index in [-0.39, 0.29) is 17.3 Å². The summed E-state index contributed by atoms with van der Waals surface area (Å²) in [4.78, 5) is 22.4. The van der Waals surface area contributed by atoms with Crippen LogP contribution >= 0.6 is 0 Å². The molecule has 1 N–H and O–H groups in total. The fraction of sp³-hybridized carbons (Fsp3) is 0.214. The van der Waals surface area contributed by atoms with Crippen molar-refractivity contribution in [3.63, 3.8) is 0 Å². The summed E-state index contributed by atoms with van der Waals surface area (Å²) in [5.74, 6) is -0.360. The Morgan fingerprint density at radius 1 is 1.40 bits per heavy atom. The molecule has 6 heteroatoms. The molecular formula is C14H15N3O3. The molecule has 2 aromatic rings. The van der Waals surface area contributed by atoms with Gasteiger partial charge >= 0.3 is 0 Å². The van der Waals surface area contributed by atoms with Crippen LogP contribution < -0.4 is 5.32 Å². The molecule has 0 fully saturated rings. The van der Waals surface area contributed by atoms with Crippen molar-refractivity contribution in [2.75, 3.05) is 5.32 Å². The highest BCUT2D eigenvalue weighted by Crippen LogP contribution is 2.19. The van der Waals surface area contributed by atoms with Crippen LogP contribution in [-0.4, -0.2) is 15.4 Å². The van der Waals surface area contributed by atoms with Gasteiger partial charge in [0.1, 0.15) is 5.69 Å². The number of para-hydroxylation sites is 1. The molecule has 104 valence electrons. The lowest BCUT2D eigenvalue weighted by Crippen LogP contribution is -2.16. The van der Waals surface area contributed by atoms with Crippen molar-refractivity contribution in [2.24, 2.45) is 7.05 Å². The monoisotopic (exact) mass is 273 g/mol. The molecule has 0 aliphatic rings. The summed E-state index contributed by atoms with van der Waals surface area (Å²) >= 11 is 0. The number of nitrogens with one attached hydrogen (secondary N) is 1. The molecule has 0 aliphatic carbocycles. The van der Waals surface area contributed by atoms with Crippen molar-refractivity contribution in [3.8, 4) is 0 Å². The largest absolute Gasteiger partial charge is 0.340 e. The topological polar surface area (TPSA) is 77.2 Å². The minimum Gasteiger partial charge on any atom is -0.340 e. The maximum absolute atomic E-state index is 12.2. The van der Waals surface area contributed by atoms with E-state index in [4.69, 9.17) is 0 Å². The number of carbonyl (C=O) groups is 1. The smallest absolute Gasteiger partial charge is 0.287 e. The van der Waals surface area contributed by atoms with E-state index in [0.717, 1.165) is 17.7 Å². The molecule has 2 rings (SSSR count). The van der Waals surface area contributed by atoms with Crippen LogP contribution in [0, 0.1) is 10.1 Å². The number of nitro groups is 1. The van der Waals surface area contributed by atoms with Crippen molar-refractivity contribution in [3.05, 3.63) is 57.9 Å². The highest BCUT2D eigenvalue weighted by Gasteiger charge is 2.18. The number of benzene rings is 1. The van der Waals surface area contributed by atoms with Gasteiger partial charge in [0.15, 0.2) is 0 Å². The molecule has 0 spiro atoms. The highest BCUT2D eigenvalue weighted by atomic mass is 16.6. The quantitative estimate of drug-likeness (QED) is 0.687. The van der Waals surface area contributed by atoms with Crippen molar-refractivity contribution >= 4 is 17.3 Å². The highest BCUT2D eigenvalue weighted by molar-refractivity contribution is 6.04. The van der Waals surface area contributed by atoms with E-state index < -0.39 is 4.92 Å². The second kappa shape index (κ2) is 5.56. The first kappa shape index (κ1) is 13.8. The zero-order valence-electron chi connectivity index (χ0n) is 11.3. The Labute approximate surface area is 116 Å². The van der Waals surface area contributed by atoms with Crippen LogP contribution in [0.5, 0.6) is 0 Å². The van der Waals surface area contributed by atoms with Crippen LogP contribution in [0.1, 0.15) is 23.0 Å². The zero-order chi connectivity index (χ0) is 14.7. The molecule has 0 saturated carbocycles. The van der Waals surface area contributed by atoms with Gasteiger partial charge in [-0.2, -0.15) is 0 Å². The van der Waals surface area contributed by atoms with Crippen molar-refractivity contribution in [1.82, 2.24) is 4.57 Å². The number of carbonyl (C=O) groups excluding carboxylic acids is 1. The number of anilines is 1. The third-order valence-corrected chi connectivity index (χ3v) is 3.08. The summed E-state index contributed by atoms with van der Waals surface area (Å²) in [5.41, 5.74) is 1.90. The van der Waals surface area contributed by atoms with E-state index in [1.165, 1.54) is 16.8 Å². The van der Waals surface area contributed by atoms with E-state index in [0.29, 0.717) is 0 Å². The Kier molecular flexibility index (Phi) is 3.84. The van der Waals surface area contributed by atoms with E-state index in [2.05, 4.69) is 5.32 Å². The summed E-state index contributed by atoms with van der Waals surface area (Å²) in [6, 6.07) is 8.76. The van der Waals surface area contributed by atoms with Crippen LogP contribution in [0.25, 0.3) is 0 Å². The molecule has 6 nitrogen and oxygen atoms in total. The Hall–Kier alpha value is -2.63. The molecule has 1 heterocycles. The summed E-state index contributed by atoms with van der Waals surface area (Å²) in [5, 5.41) is 13.5. The minimum absolute atomic E-state index is 0.0959. The molecule has 1 amide bonds. The predicted octanol–water partition coefficient (Wildman–Crippen LogP) is 2.75. The molecule has 1 aromatic heterocycles. The molecular weight excluding hydrogens is 258 g/mol. The van der Waals surface area contributed by atoms with Gasteiger partial charge < -0.3 is 9.88 Å². The zero-order valence-corrected chi connectivity index (χ0v) is 11.3. The molecule has 20 heavy (non-hydrogen) atoms. The Bertz CT molecular complexity index is 661.